The molecule has 1 fully saturated rings. The number of para-hydroxylation sites is 1. The lowest BCUT2D eigenvalue weighted by Crippen LogP contribution is -2.54. The van der Waals surface area contributed by atoms with E-state index in [0.717, 1.165) is 4.90 Å². The van der Waals surface area contributed by atoms with Gasteiger partial charge in [-0.05, 0) is 35.9 Å². The number of rotatable bonds is 2. The van der Waals surface area contributed by atoms with Gasteiger partial charge < -0.3 is 5.11 Å². The van der Waals surface area contributed by atoms with Crippen molar-refractivity contribution < 1.29 is 19.5 Å². The number of anilines is 1. The van der Waals surface area contributed by atoms with Gasteiger partial charge in [0, 0.05) is 0 Å². The summed E-state index contributed by atoms with van der Waals surface area (Å²) >= 11 is 11.7. The molecule has 1 aliphatic rings. The zero-order valence-corrected chi connectivity index (χ0v) is 14.0. The van der Waals surface area contributed by atoms with E-state index in [-0.39, 0.29) is 21.4 Å². The van der Waals surface area contributed by atoms with Crippen LogP contribution in [-0.2, 0) is 9.59 Å². The number of phenolic OH excluding ortho intramolecular Hbond substituents is 1. The highest BCUT2D eigenvalue weighted by Gasteiger charge is 2.36. The average molecular weight is 377 g/mol. The predicted octanol–water partition coefficient (Wildman–Crippen LogP) is 3.37. The topological polar surface area (TPSA) is 86.7 Å². The van der Waals surface area contributed by atoms with Crippen molar-refractivity contribution >= 4 is 52.8 Å². The molecule has 1 saturated heterocycles. The molecule has 0 unspecified atom stereocenters. The molecule has 2 aromatic carbocycles. The highest BCUT2D eigenvalue weighted by atomic mass is 35.5. The van der Waals surface area contributed by atoms with Gasteiger partial charge in [-0.15, -0.1) is 0 Å². The normalized spacial score (nSPS) is 16.3. The molecule has 1 heterocycles. The number of nitrogens with one attached hydrogen (secondary N) is 1. The molecular weight excluding hydrogens is 367 g/mol. The Balaban J connectivity index is 2.05. The molecular formula is C17H10Cl2N2O4. The molecule has 4 amide bonds. The molecule has 3 rings (SSSR count). The van der Waals surface area contributed by atoms with Crippen LogP contribution in [0.25, 0.3) is 6.08 Å². The molecule has 6 nitrogen and oxygen atoms in total. The number of urea groups is 1. The number of amides is 4. The molecule has 1 aliphatic heterocycles. The fourth-order valence-corrected chi connectivity index (χ4v) is 2.81. The van der Waals surface area contributed by atoms with E-state index >= 15 is 0 Å². The highest BCUT2D eigenvalue weighted by Crippen LogP contribution is 2.33. The lowest BCUT2D eigenvalue weighted by Gasteiger charge is -2.26. The minimum Gasteiger partial charge on any atom is -0.505 e. The molecule has 0 atom stereocenters. The van der Waals surface area contributed by atoms with Crippen LogP contribution in [0.2, 0.25) is 10.0 Å². The van der Waals surface area contributed by atoms with Crippen LogP contribution >= 0.6 is 23.2 Å². The molecule has 2 N–H and O–H groups in total. The van der Waals surface area contributed by atoms with Crippen molar-refractivity contribution in [1.82, 2.24) is 5.32 Å². The van der Waals surface area contributed by atoms with Gasteiger partial charge in [-0.25, -0.2) is 9.69 Å². The molecule has 2 aromatic rings. The van der Waals surface area contributed by atoms with E-state index in [1.807, 2.05) is 0 Å². The van der Waals surface area contributed by atoms with Crippen molar-refractivity contribution in [3.63, 3.8) is 0 Å². The van der Waals surface area contributed by atoms with Crippen molar-refractivity contribution in [3.8, 4) is 5.75 Å². The van der Waals surface area contributed by atoms with Gasteiger partial charge in [0.25, 0.3) is 11.8 Å². The Labute approximate surface area is 152 Å². The number of nitrogens with zero attached hydrogens (tertiary/aromatic N) is 1. The Bertz CT molecular complexity index is 902. The Morgan fingerprint density at radius 3 is 2.20 bits per heavy atom. The van der Waals surface area contributed by atoms with Gasteiger partial charge in [-0.3, -0.25) is 14.9 Å². The van der Waals surface area contributed by atoms with Crippen molar-refractivity contribution in [2.45, 2.75) is 0 Å². The van der Waals surface area contributed by atoms with Crippen LogP contribution in [0.3, 0.4) is 0 Å². The van der Waals surface area contributed by atoms with Crippen LogP contribution in [0.5, 0.6) is 5.75 Å². The lowest BCUT2D eigenvalue weighted by atomic mass is 10.1. The second-order valence-corrected chi connectivity index (χ2v) is 5.94. The summed E-state index contributed by atoms with van der Waals surface area (Å²) in [5.41, 5.74) is 0.389. The van der Waals surface area contributed by atoms with E-state index in [9.17, 15) is 19.5 Å². The van der Waals surface area contributed by atoms with E-state index in [1.54, 1.807) is 30.3 Å². The van der Waals surface area contributed by atoms with E-state index in [2.05, 4.69) is 5.32 Å². The Hall–Kier alpha value is -2.83. The molecule has 0 spiro atoms. The monoisotopic (exact) mass is 376 g/mol. The molecule has 0 aromatic heterocycles. The summed E-state index contributed by atoms with van der Waals surface area (Å²) in [6.45, 7) is 0. The number of benzene rings is 2. The summed E-state index contributed by atoms with van der Waals surface area (Å²) < 4.78 is 0. The molecule has 0 radical (unpaired) electrons. The second-order valence-electron chi connectivity index (χ2n) is 5.13. The van der Waals surface area contributed by atoms with E-state index in [1.165, 1.54) is 18.2 Å². The van der Waals surface area contributed by atoms with Gasteiger partial charge in [-0.1, -0.05) is 41.4 Å². The zero-order chi connectivity index (χ0) is 18.1. The quantitative estimate of drug-likeness (QED) is 0.621. The van der Waals surface area contributed by atoms with Crippen LogP contribution in [0.15, 0.2) is 48.0 Å². The van der Waals surface area contributed by atoms with E-state index < -0.39 is 17.8 Å². The predicted molar refractivity (Wildman–Crippen MR) is 93.6 cm³/mol. The molecule has 8 heteroatoms. The van der Waals surface area contributed by atoms with E-state index in [0.29, 0.717) is 11.3 Å². The number of hydrogen-bond donors (Lipinski definition) is 2. The summed E-state index contributed by atoms with van der Waals surface area (Å²) in [4.78, 5) is 37.6. The van der Waals surface area contributed by atoms with E-state index in [4.69, 9.17) is 23.2 Å². The number of carbonyl (C=O) groups excluding carboxylic acids is 3. The van der Waals surface area contributed by atoms with Crippen molar-refractivity contribution in [1.29, 1.82) is 0 Å². The third-order valence-electron chi connectivity index (χ3n) is 3.47. The van der Waals surface area contributed by atoms with Gasteiger partial charge in [0.05, 0.1) is 15.7 Å². The first-order valence-corrected chi connectivity index (χ1v) is 7.78. The van der Waals surface area contributed by atoms with Crippen LogP contribution < -0.4 is 10.2 Å². The molecule has 126 valence electrons. The summed E-state index contributed by atoms with van der Waals surface area (Å²) in [6, 6.07) is 10.1. The molecule has 0 bridgehead atoms. The smallest absolute Gasteiger partial charge is 0.335 e. The third kappa shape index (κ3) is 3.22. The largest absolute Gasteiger partial charge is 0.505 e. The summed E-state index contributed by atoms with van der Waals surface area (Å²) in [5, 5.41) is 11.6. The van der Waals surface area contributed by atoms with Crippen LogP contribution in [0, 0.1) is 0 Å². The number of hydrogen-bond acceptors (Lipinski definition) is 4. The zero-order valence-electron chi connectivity index (χ0n) is 12.5. The SMILES string of the molecule is O=C1NC(=O)N(c2ccccc2)C(=O)/C1=C/c1cc(Cl)c(O)c(Cl)c1. The van der Waals surface area contributed by atoms with Gasteiger partial charge in [0.15, 0.2) is 5.75 Å². The first-order chi connectivity index (χ1) is 11.9. The Morgan fingerprint density at radius 1 is 1.00 bits per heavy atom. The molecule has 0 saturated carbocycles. The summed E-state index contributed by atoms with van der Waals surface area (Å²) in [6.07, 6.45) is 1.25. The number of barbiturate groups is 1. The van der Waals surface area contributed by atoms with Crippen molar-refractivity contribution in [3.05, 3.63) is 63.6 Å². The highest BCUT2D eigenvalue weighted by molar-refractivity contribution is 6.40. The minimum atomic E-state index is -0.833. The maximum atomic E-state index is 12.6. The minimum absolute atomic E-state index is 0.0287. The van der Waals surface area contributed by atoms with Gasteiger partial charge >= 0.3 is 6.03 Å². The Kier molecular flexibility index (Phi) is 4.48. The van der Waals surface area contributed by atoms with Crippen LogP contribution in [0.4, 0.5) is 10.5 Å². The van der Waals surface area contributed by atoms with Crippen molar-refractivity contribution in [2.75, 3.05) is 4.90 Å². The fourth-order valence-electron chi connectivity index (χ4n) is 2.30. The Morgan fingerprint density at radius 2 is 1.60 bits per heavy atom. The number of halogens is 2. The molecule has 25 heavy (non-hydrogen) atoms. The fraction of sp³-hybridized carbons (Fsp3) is 0. The summed E-state index contributed by atoms with van der Waals surface area (Å²) in [7, 11) is 0. The number of phenols is 1. The number of imide groups is 2. The van der Waals surface area contributed by atoms with Crippen LogP contribution in [0.1, 0.15) is 5.56 Å². The maximum absolute atomic E-state index is 12.6. The van der Waals surface area contributed by atoms with Gasteiger partial charge in [0.2, 0.25) is 0 Å². The molecule has 0 aliphatic carbocycles. The van der Waals surface area contributed by atoms with Gasteiger partial charge in [0.1, 0.15) is 5.57 Å². The van der Waals surface area contributed by atoms with Gasteiger partial charge in [-0.2, -0.15) is 0 Å². The lowest BCUT2D eigenvalue weighted by molar-refractivity contribution is -0.122. The van der Waals surface area contributed by atoms with Crippen molar-refractivity contribution in [2.24, 2.45) is 0 Å². The number of carbonyl (C=O) groups is 3. The third-order valence-corrected chi connectivity index (χ3v) is 4.04. The summed E-state index contributed by atoms with van der Waals surface area (Å²) in [5.74, 6) is -1.91. The first kappa shape index (κ1) is 17.0. The average Bonchev–Trinajstić information content (AvgIpc) is 2.57. The maximum Gasteiger partial charge on any atom is 0.335 e. The first-order valence-electron chi connectivity index (χ1n) is 7.03. The van der Waals surface area contributed by atoms with Crippen LogP contribution in [-0.4, -0.2) is 23.0 Å². The number of aromatic hydroxyl groups is 1. The standard InChI is InChI=1S/C17H10Cl2N2O4/c18-12-7-9(8-13(19)14(12)22)6-11-15(23)20-17(25)21(16(11)24)10-4-2-1-3-5-10/h1-8,22H,(H,20,23,25)/b11-6+. The second kappa shape index (κ2) is 6.58.